The molecular weight excluding hydrogens is 1840 g/mol. The fraction of sp³-hybridized carbons (Fsp3) is 0.467. The molecule has 20 rings (SSSR count). The first-order valence-electron chi connectivity index (χ1n) is 49.2. The molecule has 30 nitrogen and oxygen atoms in total. The fourth-order valence-electron chi connectivity index (χ4n) is 21.8. The van der Waals surface area contributed by atoms with Crippen molar-refractivity contribution in [3.63, 3.8) is 0 Å². The van der Waals surface area contributed by atoms with Crippen LogP contribution >= 0.6 is 23.2 Å². The second-order valence-corrected chi connectivity index (χ2v) is 45.4. The Kier molecular flexibility index (Phi) is 28.7. The number of nitro benzene ring substituents is 2. The number of nitro groups is 2. The number of aromatic nitrogens is 4. The molecule has 139 heavy (non-hydrogen) atoms. The van der Waals surface area contributed by atoms with Crippen molar-refractivity contribution in [3.8, 4) is 34.5 Å². The van der Waals surface area contributed by atoms with Crippen molar-refractivity contribution in [3.05, 3.63) is 233 Å². The van der Waals surface area contributed by atoms with Gasteiger partial charge >= 0.3 is 0 Å². The molecule has 0 unspecified atom stereocenters. The molecule has 4 aliphatic carbocycles. The van der Waals surface area contributed by atoms with Gasteiger partial charge in [0.25, 0.3) is 43.2 Å². The highest BCUT2D eigenvalue weighted by atomic mass is 35.5. The Hall–Kier alpha value is -11.0. The molecule has 4 aromatic heterocycles. The summed E-state index contributed by atoms with van der Waals surface area (Å²) in [4.78, 5) is 86.0. The van der Waals surface area contributed by atoms with Crippen LogP contribution in [0, 0.1) is 42.9 Å². The number of fused-ring (bicyclic) bond motifs is 4. The molecule has 6 aliphatic heterocycles. The number of rotatable bonds is 28. The van der Waals surface area contributed by atoms with Gasteiger partial charge in [0.2, 0.25) is 0 Å². The summed E-state index contributed by atoms with van der Waals surface area (Å²) in [6.45, 7) is 29.2. The number of benzene rings is 6. The summed E-state index contributed by atoms with van der Waals surface area (Å²) in [6.07, 6.45) is 23.2. The first-order valence-corrected chi connectivity index (χ1v) is 53.0. The maximum Gasteiger partial charge on any atom is 0.277 e. The Balaban J connectivity index is 0.000000177. The summed E-state index contributed by atoms with van der Waals surface area (Å²) in [7, 11) is -9.26. The Morgan fingerprint density at radius 2 is 0.942 bits per heavy atom. The summed E-state index contributed by atoms with van der Waals surface area (Å²) < 4.78 is 85.5. The van der Waals surface area contributed by atoms with E-state index in [1.54, 1.807) is 60.9 Å². The number of amides is 2. The zero-order valence-corrected chi connectivity index (χ0v) is 82.9. The average molecular weight is 1970 g/mol. The molecule has 3 atom stereocenters. The number of carbonyl (C=O) groups excluding carboxylic acids is 2. The number of anilines is 2. The molecule has 4 N–H and O–H groups in total. The zero-order valence-electron chi connectivity index (χ0n) is 79.7. The minimum atomic E-state index is -4.63. The van der Waals surface area contributed by atoms with Crippen LogP contribution in [0.15, 0.2) is 179 Å². The summed E-state index contributed by atoms with van der Waals surface area (Å²) in [5.41, 5.74) is 11.6. The van der Waals surface area contributed by atoms with E-state index < -0.39 is 51.5 Å². The maximum absolute atomic E-state index is 14.2. The molecule has 6 fully saturated rings. The van der Waals surface area contributed by atoms with Crippen molar-refractivity contribution in [2.45, 2.75) is 165 Å². The minimum absolute atomic E-state index is 0.0342. The smallest absolute Gasteiger partial charge is 0.277 e. The van der Waals surface area contributed by atoms with Crippen LogP contribution in [0.4, 0.5) is 22.7 Å². The standard InChI is InChI=1S/C53H63ClN8O7S.C52H61ClN8O7S/c1-35-32-58(21-24-61(35)41-5-4-6-41)18-15-36-25-46-48(62(64)65)28-44(29-49(46)68-34-36)70(66,67)57-52(63)45-12-11-42(27-50(45)69-43-26-38-14-17-55-51(38)56-31-43)60-22-19-59(20-23-60)33-39-13-16-53(2,3)30-47(39)37-7-9-40(54)10-8-37;1-52(2)15-12-38(46(31-52)36-6-8-39(53)9-7-36)33-58-20-24-60(25-21-58)41-10-11-44(49(28-41)68-42-27-37-13-16-54-50(37)55-32-42)51(62)56-69(65,66)43-29-47(61(63)64)45-26-35(34-67-48(45)30-43)14-17-57-18-22-59(23-19-57)40-4-3-5-40/h7-12,14,17,26-29,31,35-36,41H,4-6,13,15-16,18-25,30,32-34H2,1-3H3,(H,55,56)(H,57,63);6-11,13,16,27-30,32,35,40H,3-5,12,14-15,17-26,31,33-34H2,1-2H3,(H,54,55)(H,56,62)/t35-,36+;35-/m10/s1. The van der Waals surface area contributed by atoms with E-state index in [9.17, 15) is 46.7 Å². The monoisotopic (exact) mass is 1970 g/mol. The third kappa shape index (κ3) is 22.6. The molecule has 10 aliphatic rings. The highest BCUT2D eigenvalue weighted by molar-refractivity contribution is 7.90. The lowest BCUT2D eigenvalue weighted by atomic mass is 9.72. The van der Waals surface area contributed by atoms with E-state index in [1.165, 1.54) is 96.5 Å². The molecule has 0 radical (unpaired) electrons. The Morgan fingerprint density at radius 3 is 1.36 bits per heavy atom. The van der Waals surface area contributed by atoms with Crippen molar-refractivity contribution >= 4 is 111 Å². The number of pyridine rings is 2. The summed E-state index contributed by atoms with van der Waals surface area (Å²) in [5, 5.41) is 28.1. The van der Waals surface area contributed by atoms with Gasteiger partial charge in [-0.15, -0.1) is 0 Å². The van der Waals surface area contributed by atoms with E-state index in [4.69, 9.17) is 42.1 Å². The van der Waals surface area contributed by atoms with Gasteiger partial charge < -0.3 is 48.5 Å². The molecule has 6 aromatic carbocycles. The van der Waals surface area contributed by atoms with Gasteiger partial charge in [-0.3, -0.25) is 49.4 Å². The number of ether oxygens (including phenoxy) is 4. The number of nitrogens with zero attached hydrogens (tertiary/aromatic N) is 12. The lowest BCUT2D eigenvalue weighted by molar-refractivity contribution is -0.386. The number of H-pyrrole nitrogens is 2. The number of aromatic amines is 2. The maximum atomic E-state index is 14.2. The summed E-state index contributed by atoms with van der Waals surface area (Å²) in [6, 6.07) is 40.5. The topological polar surface area (TPSA) is 333 Å². The molecule has 0 spiro atoms. The highest BCUT2D eigenvalue weighted by Crippen LogP contribution is 2.48. The van der Waals surface area contributed by atoms with Crippen LogP contribution in [0.5, 0.6) is 34.5 Å². The average Bonchev–Trinajstić information content (AvgIpc) is 1.08. The predicted octanol–water partition coefficient (Wildman–Crippen LogP) is 18.3. The third-order valence-corrected chi connectivity index (χ3v) is 33.5. The fourth-order valence-corrected chi connectivity index (χ4v) is 24.0. The minimum Gasteiger partial charge on any atom is -0.493 e. The highest BCUT2D eigenvalue weighted by Gasteiger charge is 2.40. The van der Waals surface area contributed by atoms with Crippen molar-refractivity contribution in [2.75, 3.05) is 147 Å². The van der Waals surface area contributed by atoms with E-state index in [0.29, 0.717) is 72.1 Å². The quantitative estimate of drug-likeness (QED) is 0.0261. The van der Waals surface area contributed by atoms with Gasteiger partial charge in [0.05, 0.1) is 67.5 Å². The van der Waals surface area contributed by atoms with Crippen LogP contribution in [-0.4, -0.2) is 244 Å². The molecule has 10 heterocycles. The molecule has 10 aromatic rings. The van der Waals surface area contributed by atoms with Crippen LogP contribution in [0.2, 0.25) is 10.0 Å². The molecule has 34 heteroatoms. The zero-order chi connectivity index (χ0) is 96.6. The van der Waals surface area contributed by atoms with Gasteiger partial charge in [0, 0.05) is 210 Å². The Labute approximate surface area is 822 Å². The number of sulfonamides is 2. The number of allylic oxidation sites excluding steroid dienone is 2. The first kappa shape index (κ1) is 96.8. The number of hydrogen-bond acceptors (Lipinski definition) is 24. The SMILES string of the molecule is CC1(C)CCC(CN2CCN(c3ccc(C(=O)NS(=O)(=O)c4cc5c(c([N+](=O)[O-])c4)C[C@H](CCN4CCN(C6CCC6)CC4)CO5)c(Oc4cnc5[nH]ccc5c4)c3)CC2)=C(c2ccc(Cl)cc2)C1.C[C@@H]1CN(CC[C@@H]2COc3cc(S(=O)(=O)NC(=O)c4ccc(N5CCN(CC6=C(c7ccc(Cl)cc7)CC(C)(C)CC6)CC5)cc4Oc4cnc5[nH]ccc5c4)cc([N+](=O)[O-])c3C2)CCN1C1CCC1. The van der Waals surface area contributed by atoms with Crippen LogP contribution in [0.1, 0.15) is 167 Å². The number of piperazine rings is 4. The number of hydrogen-bond donors (Lipinski definition) is 4. The lowest BCUT2D eigenvalue weighted by Crippen LogP contribution is -2.57. The Morgan fingerprint density at radius 1 is 0.518 bits per heavy atom. The first-order chi connectivity index (χ1) is 66.9. The number of carbonyl (C=O) groups is 2. The van der Waals surface area contributed by atoms with Gasteiger partial charge in [-0.05, 0) is 228 Å². The van der Waals surface area contributed by atoms with Crippen molar-refractivity contribution in [1.29, 1.82) is 0 Å². The second kappa shape index (κ2) is 41.3. The molecule has 2 saturated carbocycles. The van der Waals surface area contributed by atoms with E-state index in [1.807, 2.05) is 36.4 Å². The Bertz CT molecular complexity index is 6560. The lowest BCUT2D eigenvalue weighted by Gasteiger charge is -2.47. The predicted molar refractivity (Wildman–Crippen MR) is 541 cm³/mol. The van der Waals surface area contributed by atoms with Crippen molar-refractivity contribution in [1.82, 2.24) is 58.8 Å². The molecule has 2 amide bonds. The van der Waals surface area contributed by atoms with E-state index in [-0.39, 0.29) is 68.2 Å². The van der Waals surface area contributed by atoms with Gasteiger partial charge in [-0.25, -0.2) is 36.2 Å². The van der Waals surface area contributed by atoms with Crippen molar-refractivity contribution < 1.29 is 55.2 Å². The van der Waals surface area contributed by atoms with Gasteiger partial charge in [0.1, 0.15) is 45.8 Å². The molecule has 0 bridgehead atoms. The van der Waals surface area contributed by atoms with E-state index >= 15 is 0 Å². The van der Waals surface area contributed by atoms with Gasteiger partial charge in [0.15, 0.2) is 0 Å². The van der Waals surface area contributed by atoms with Gasteiger partial charge in [-0.2, -0.15) is 0 Å². The second-order valence-electron chi connectivity index (χ2n) is 41.1. The molecular formula is C105H124Cl2N16O14S2. The largest absolute Gasteiger partial charge is 0.493 e. The summed E-state index contributed by atoms with van der Waals surface area (Å²) >= 11 is 12.5. The molecule has 734 valence electrons. The number of halogens is 2. The van der Waals surface area contributed by atoms with E-state index in [2.05, 4.69) is 127 Å². The third-order valence-electron chi connectivity index (χ3n) is 30.4. The van der Waals surface area contributed by atoms with Crippen molar-refractivity contribution in [2.24, 2.45) is 22.7 Å². The van der Waals surface area contributed by atoms with Crippen LogP contribution in [-0.2, 0) is 32.9 Å². The van der Waals surface area contributed by atoms with E-state index in [0.717, 1.165) is 226 Å². The van der Waals surface area contributed by atoms with Gasteiger partial charge in [-0.1, -0.05) is 99.2 Å². The molecule has 4 saturated heterocycles. The van der Waals surface area contributed by atoms with Crippen LogP contribution < -0.4 is 38.2 Å². The van der Waals surface area contributed by atoms with Crippen LogP contribution in [0.3, 0.4) is 0 Å². The number of nitrogens with one attached hydrogen (secondary N) is 4. The van der Waals surface area contributed by atoms with Crippen LogP contribution in [0.25, 0.3) is 33.2 Å². The summed E-state index contributed by atoms with van der Waals surface area (Å²) in [5.74, 6) is -0.565. The normalized spacial score (nSPS) is 21.0.